The van der Waals surface area contributed by atoms with Crippen molar-refractivity contribution in [1.82, 2.24) is 5.32 Å². The average Bonchev–Trinajstić information content (AvgIpc) is 2.04. The highest BCUT2D eigenvalue weighted by molar-refractivity contribution is 5.79. The summed E-state index contributed by atoms with van der Waals surface area (Å²) in [5, 5.41) is 12.7. The van der Waals surface area contributed by atoms with E-state index in [9.17, 15) is 9.90 Å². The molecule has 2 N–H and O–H groups in total. The van der Waals surface area contributed by atoms with Gasteiger partial charge >= 0.3 is 5.97 Å². The Morgan fingerprint density at radius 2 is 2.09 bits per heavy atom. The van der Waals surface area contributed by atoms with Gasteiger partial charge in [-0.25, -0.2) is 4.79 Å². The summed E-state index contributed by atoms with van der Waals surface area (Å²) in [5.41, 5.74) is -1.24. The third-order valence-corrected chi connectivity index (χ3v) is 2.00. The van der Waals surface area contributed by atoms with Gasteiger partial charge in [0.05, 0.1) is 7.11 Å². The second-order valence-electron chi connectivity index (χ2n) is 2.77. The molecule has 0 saturated carbocycles. The summed E-state index contributed by atoms with van der Waals surface area (Å²) in [5.74, 6) is -0.515. The van der Waals surface area contributed by atoms with Gasteiger partial charge < -0.3 is 15.2 Å². The maximum atomic E-state index is 11.0. The number of hydrogen-bond donors (Lipinski definition) is 2. The van der Waals surface area contributed by atoms with Crippen LogP contribution in [0.5, 0.6) is 0 Å². The van der Waals surface area contributed by atoms with Crippen LogP contribution in [0, 0.1) is 0 Å². The van der Waals surface area contributed by atoms with Gasteiger partial charge in [0.15, 0.2) is 5.60 Å². The molecular formula is C7H13NO3. The third-order valence-electron chi connectivity index (χ3n) is 2.00. The monoisotopic (exact) mass is 159 g/mol. The van der Waals surface area contributed by atoms with Crippen molar-refractivity contribution < 1.29 is 14.6 Å². The number of methoxy groups -OCH3 is 1. The summed E-state index contributed by atoms with van der Waals surface area (Å²) < 4.78 is 4.48. The number of ether oxygens (including phenoxy) is 1. The van der Waals surface area contributed by atoms with E-state index in [4.69, 9.17) is 0 Å². The SMILES string of the molecule is COC(=O)C1(O)CCNCC1. The summed E-state index contributed by atoms with van der Waals surface area (Å²) in [6.45, 7) is 1.34. The number of hydrogen-bond acceptors (Lipinski definition) is 4. The standard InChI is InChI=1S/C7H13NO3/c1-11-6(9)7(10)2-4-8-5-3-7/h8,10H,2-5H2,1H3. The van der Waals surface area contributed by atoms with Crippen molar-refractivity contribution in [2.75, 3.05) is 20.2 Å². The lowest BCUT2D eigenvalue weighted by molar-refractivity contribution is -0.164. The molecule has 1 aliphatic rings. The largest absolute Gasteiger partial charge is 0.467 e. The first-order chi connectivity index (χ1) is 5.19. The molecule has 0 unspecified atom stereocenters. The van der Waals surface area contributed by atoms with Gasteiger partial charge in [-0.1, -0.05) is 0 Å². The number of nitrogens with one attached hydrogen (secondary N) is 1. The summed E-state index contributed by atoms with van der Waals surface area (Å²) >= 11 is 0. The van der Waals surface area contributed by atoms with Crippen molar-refractivity contribution in [3.63, 3.8) is 0 Å². The van der Waals surface area contributed by atoms with Gasteiger partial charge in [-0.05, 0) is 25.9 Å². The van der Waals surface area contributed by atoms with Crippen LogP contribution in [0.25, 0.3) is 0 Å². The van der Waals surface area contributed by atoms with Gasteiger partial charge in [0, 0.05) is 0 Å². The topological polar surface area (TPSA) is 58.6 Å². The number of aliphatic hydroxyl groups is 1. The zero-order chi connectivity index (χ0) is 8.32. The molecule has 64 valence electrons. The lowest BCUT2D eigenvalue weighted by Crippen LogP contribution is -2.48. The molecule has 0 spiro atoms. The van der Waals surface area contributed by atoms with E-state index in [2.05, 4.69) is 10.1 Å². The first-order valence-electron chi connectivity index (χ1n) is 3.70. The fraction of sp³-hybridized carbons (Fsp3) is 0.857. The normalized spacial score (nSPS) is 22.7. The summed E-state index contributed by atoms with van der Waals surface area (Å²) in [6, 6.07) is 0. The Labute approximate surface area is 65.5 Å². The lowest BCUT2D eigenvalue weighted by Gasteiger charge is -2.29. The van der Waals surface area contributed by atoms with E-state index < -0.39 is 11.6 Å². The van der Waals surface area contributed by atoms with E-state index >= 15 is 0 Å². The van der Waals surface area contributed by atoms with Crippen LogP contribution >= 0.6 is 0 Å². The van der Waals surface area contributed by atoms with Crippen molar-refractivity contribution in [2.24, 2.45) is 0 Å². The Kier molecular flexibility index (Phi) is 2.46. The van der Waals surface area contributed by atoms with E-state index in [0.717, 1.165) is 0 Å². The van der Waals surface area contributed by atoms with E-state index in [1.54, 1.807) is 0 Å². The predicted octanol–water partition coefficient (Wildman–Crippen LogP) is -0.726. The molecule has 0 aromatic rings. The van der Waals surface area contributed by atoms with E-state index in [1.165, 1.54) is 7.11 Å². The van der Waals surface area contributed by atoms with Crippen molar-refractivity contribution in [1.29, 1.82) is 0 Å². The third kappa shape index (κ3) is 1.70. The zero-order valence-corrected chi connectivity index (χ0v) is 6.59. The lowest BCUT2D eigenvalue weighted by atomic mass is 9.93. The maximum Gasteiger partial charge on any atom is 0.337 e. The molecule has 0 radical (unpaired) electrons. The average molecular weight is 159 g/mol. The molecule has 0 aromatic heterocycles. The predicted molar refractivity (Wildman–Crippen MR) is 39.1 cm³/mol. The molecule has 0 aromatic carbocycles. The summed E-state index contributed by atoms with van der Waals surface area (Å²) in [7, 11) is 1.29. The molecule has 4 heteroatoms. The molecule has 1 fully saturated rings. The number of piperidine rings is 1. The quantitative estimate of drug-likeness (QED) is 0.495. The van der Waals surface area contributed by atoms with Gasteiger partial charge in [-0.3, -0.25) is 0 Å². The molecule has 1 rings (SSSR count). The Morgan fingerprint density at radius 1 is 1.55 bits per heavy atom. The molecule has 11 heavy (non-hydrogen) atoms. The van der Waals surface area contributed by atoms with E-state index in [1.807, 2.05) is 0 Å². The molecule has 1 saturated heterocycles. The molecular weight excluding hydrogens is 146 g/mol. The fourth-order valence-electron chi connectivity index (χ4n) is 1.23. The van der Waals surface area contributed by atoms with E-state index in [-0.39, 0.29) is 0 Å². The number of carbonyl (C=O) groups is 1. The first-order valence-corrected chi connectivity index (χ1v) is 3.70. The summed E-state index contributed by atoms with van der Waals surface area (Å²) in [4.78, 5) is 11.0. The minimum atomic E-state index is -1.24. The highest BCUT2D eigenvalue weighted by Gasteiger charge is 2.37. The zero-order valence-electron chi connectivity index (χ0n) is 6.59. The molecule has 0 aliphatic carbocycles. The highest BCUT2D eigenvalue weighted by atomic mass is 16.5. The minimum Gasteiger partial charge on any atom is -0.467 e. The van der Waals surface area contributed by atoms with Gasteiger partial charge in [0.25, 0.3) is 0 Å². The van der Waals surface area contributed by atoms with Crippen LogP contribution < -0.4 is 5.32 Å². The Morgan fingerprint density at radius 3 is 2.55 bits per heavy atom. The van der Waals surface area contributed by atoms with Crippen LogP contribution in [-0.2, 0) is 9.53 Å². The number of carbonyl (C=O) groups excluding carboxylic acids is 1. The molecule has 0 atom stereocenters. The van der Waals surface area contributed by atoms with Crippen LogP contribution in [0.2, 0.25) is 0 Å². The van der Waals surface area contributed by atoms with Gasteiger partial charge in [0.2, 0.25) is 0 Å². The molecule has 4 nitrogen and oxygen atoms in total. The number of esters is 1. The molecule has 0 amide bonds. The Hall–Kier alpha value is -0.610. The van der Waals surface area contributed by atoms with Gasteiger partial charge in [0.1, 0.15) is 0 Å². The smallest absolute Gasteiger partial charge is 0.337 e. The second kappa shape index (κ2) is 3.19. The minimum absolute atomic E-state index is 0.444. The molecule has 1 aliphatic heterocycles. The van der Waals surface area contributed by atoms with Crippen LogP contribution in [0.4, 0.5) is 0 Å². The number of rotatable bonds is 1. The first kappa shape index (κ1) is 8.49. The fourth-order valence-corrected chi connectivity index (χ4v) is 1.23. The van der Waals surface area contributed by atoms with E-state index in [0.29, 0.717) is 25.9 Å². The van der Waals surface area contributed by atoms with Crippen LogP contribution in [-0.4, -0.2) is 36.9 Å². The molecule has 0 bridgehead atoms. The summed E-state index contributed by atoms with van der Waals surface area (Å²) in [6.07, 6.45) is 0.888. The van der Waals surface area contributed by atoms with Crippen LogP contribution in [0.1, 0.15) is 12.8 Å². The second-order valence-corrected chi connectivity index (χ2v) is 2.77. The van der Waals surface area contributed by atoms with Crippen LogP contribution in [0.15, 0.2) is 0 Å². The highest BCUT2D eigenvalue weighted by Crippen LogP contribution is 2.18. The van der Waals surface area contributed by atoms with Gasteiger partial charge in [-0.2, -0.15) is 0 Å². The van der Waals surface area contributed by atoms with Crippen molar-refractivity contribution >= 4 is 5.97 Å². The van der Waals surface area contributed by atoms with Crippen molar-refractivity contribution in [3.8, 4) is 0 Å². The van der Waals surface area contributed by atoms with Crippen molar-refractivity contribution in [3.05, 3.63) is 0 Å². The Balaban J connectivity index is 2.56. The van der Waals surface area contributed by atoms with Gasteiger partial charge in [-0.15, -0.1) is 0 Å². The van der Waals surface area contributed by atoms with Crippen molar-refractivity contribution in [2.45, 2.75) is 18.4 Å². The maximum absolute atomic E-state index is 11.0. The Bertz CT molecular complexity index is 152. The van der Waals surface area contributed by atoms with Crippen LogP contribution in [0.3, 0.4) is 0 Å². The molecule has 1 heterocycles.